The summed E-state index contributed by atoms with van der Waals surface area (Å²) in [5.41, 5.74) is 3.97. The number of benzene rings is 1. The van der Waals surface area contributed by atoms with Crippen LogP contribution in [0.15, 0.2) is 18.2 Å². The summed E-state index contributed by atoms with van der Waals surface area (Å²) in [7, 11) is 0. The molecule has 0 bridgehead atoms. The van der Waals surface area contributed by atoms with Crippen molar-refractivity contribution in [2.24, 2.45) is 0 Å². The molecule has 0 saturated carbocycles. The first-order chi connectivity index (χ1) is 8.58. The second-order valence-corrected chi connectivity index (χ2v) is 5.18. The molecule has 3 heteroatoms. The van der Waals surface area contributed by atoms with Gasteiger partial charge in [-0.05, 0) is 49.9 Å². The molecule has 0 radical (unpaired) electrons. The maximum Gasteiger partial charge on any atom is 0.304 e. The van der Waals surface area contributed by atoms with E-state index in [4.69, 9.17) is 5.11 Å². The minimum Gasteiger partial charge on any atom is -0.481 e. The van der Waals surface area contributed by atoms with Crippen LogP contribution < -0.4 is 0 Å². The Labute approximate surface area is 108 Å². The van der Waals surface area contributed by atoms with Crippen LogP contribution in [0.4, 0.5) is 0 Å². The number of likely N-dealkylation sites (tertiary alicyclic amines) is 1. The molecule has 0 unspecified atom stereocenters. The first kappa shape index (κ1) is 13.1. The van der Waals surface area contributed by atoms with Crippen molar-refractivity contribution in [2.45, 2.75) is 39.2 Å². The van der Waals surface area contributed by atoms with Gasteiger partial charge in [0, 0.05) is 12.6 Å². The van der Waals surface area contributed by atoms with Crippen molar-refractivity contribution in [1.82, 2.24) is 4.90 Å². The number of hydrogen-bond acceptors (Lipinski definition) is 2. The molecule has 0 aromatic heterocycles. The molecule has 1 aromatic carbocycles. The van der Waals surface area contributed by atoms with Gasteiger partial charge in [0.15, 0.2) is 0 Å². The minimum absolute atomic E-state index is 0.237. The molecule has 1 aliphatic heterocycles. The van der Waals surface area contributed by atoms with Gasteiger partial charge in [-0.3, -0.25) is 9.69 Å². The summed E-state index contributed by atoms with van der Waals surface area (Å²) >= 11 is 0. The molecule has 1 aliphatic rings. The SMILES string of the molecule is Cc1ccc([C@@H]2CCCN2CCC(=O)O)cc1C. The lowest BCUT2D eigenvalue weighted by molar-refractivity contribution is -0.137. The zero-order chi connectivity index (χ0) is 13.1. The molecular formula is C15H21NO2. The Morgan fingerprint density at radius 2 is 2.17 bits per heavy atom. The Morgan fingerprint density at radius 3 is 2.83 bits per heavy atom. The van der Waals surface area contributed by atoms with Gasteiger partial charge >= 0.3 is 5.97 Å². The van der Waals surface area contributed by atoms with Crippen molar-refractivity contribution in [3.05, 3.63) is 34.9 Å². The normalized spacial score (nSPS) is 20.2. The summed E-state index contributed by atoms with van der Waals surface area (Å²) in [6.45, 7) is 5.93. The summed E-state index contributed by atoms with van der Waals surface area (Å²) < 4.78 is 0. The highest BCUT2D eigenvalue weighted by atomic mass is 16.4. The molecule has 2 rings (SSSR count). The first-order valence-corrected chi connectivity index (χ1v) is 6.61. The van der Waals surface area contributed by atoms with Crippen LogP contribution in [0.25, 0.3) is 0 Å². The van der Waals surface area contributed by atoms with Crippen molar-refractivity contribution >= 4 is 5.97 Å². The van der Waals surface area contributed by atoms with Crippen LogP contribution in [0, 0.1) is 13.8 Å². The second-order valence-electron chi connectivity index (χ2n) is 5.18. The quantitative estimate of drug-likeness (QED) is 0.889. The molecular weight excluding hydrogens is 226 g/mol. The van der Waals surface area contributed by atoms with E-state index in [-0.39, 0.29) is 6.42 Å². The van der Waals surface area contributed by atoms with E-state index < -0.39 is 5.97 Å². The summed E-state index contributed by atoms with van der Waals surface area (Å²) in [5, 5.41) is 8.78. The van der Waals surface area contributed by atoms with Gasteiger partial charge in [-0.1, -0.05) is 18.2 Å². The maximum atomic E-state index is 10.7. The van der Waals surface area contributed by atoms with E-state index in [0.29, 0.717) is 12.6 Å². The molecule has 0 amide bonds. The number of carbonyl (C=O) groups is 1. The van der Waals surface area contributed by atoms with Gasteiger partial charge in [-0.15, -0.1) is 0 Å². The van der Waals surface area contributed by atoms with Crippen molar-refractivity contribution in [3.63, 3.8) is 0 Å². The minimum atomic E-state index is -0.708. The smallest absolute Gasteiger partial charge is 0.304 e. The highest BCUT2D eigenvalue weighted by molar-refractivity contribution is 5.66. The van der Waals surface area contributed by atoms with Crippen LogP contribution in [0.3, 0.4) is 0 Å². The predicted octanol–water partition coefficient (Wildman–Crippen LogP) is 2.92. The number of carboxylic acids is 1. The fourth-order valence-electron chi connectivity index (χ4n) is 2.68. The molecule has 18 heavy (non-hydrogen) atoms. The number of carboxylic acid groups (broad SMARTS) is 1. The lowest BCUT2D eigenvalue weighted by atomic mass is 9.99. The number of hydrogen-bond donors (Lipinski definition) is 1. The van der Waals surface area contributed by atoms with Crippen molar-refractivity contribution in [1.29, 1.82) is 0 Å². The van der Waals surface area contributed by atoms with Gasteiger partial charge in [0.1, 0.15) is 0 Å². The molecule has 1 aromatic rings. The largest absolute Gasteiger partial charge is 0.481 e. The number of nitrogens with zero attached hydrogens (tertiary/aromatic N) is 1. The standard InChI is InChI=1S/C15H21NO2/c1-11-5-6-13(10-12(11)2)14-4-3-8-16(14)9-7-15(17)18/h5-6,10,14H,3-4,7-9H2,1-2H3,(H,17,18)/t14-/m0/s1. The molecule has 1 saturated heterocycles. The Morgan fingerprint density at radius 1 is 1.39 bits per heavy atom. The van der Waals surface area contributed by atoms with Crippen LogP contribution in [0.5, 0.6) is 0 Å². The molecule has 1 fully saturated rings. The molecule has 1 atom stereocenters. The monoisotopic (exact) mass is 247 g/mol. The van der Waals surface area contributed by atoms with Crippen LogP contribution in [-0.2, 0) is 4.79 Å². The van der Waals surface area contributed by atoms with E-state index in [2.05, 4.69) is 36.9 Å². The van der Waals surface area contributed by atoms with E-state index >= 15 is 0 Å². The average molecular weight is 247 g/mol. The third kappa shape index (κ3) is 2.91. The van der Waals surface area contributed by atoms with Crippen molar-refractivity contribution in [3.8, 4) is 0 Å². The summed E-state index contributed by atoms with van der Waals surface area (Å²) in [4.78, 5) is 13.0. The fraction of sp³-hybridized carbons (Fsp3) is 0.533. The molecule has 0 spiro atoms. The molecule has 1 heterocycles. The van der Waals surface area contributed by atoms with Gasteiger partial charge < -0.3 is 5.11 Å². The van der Waals surface area contributed by atoms with Gasteiger partial charge in [0.25, 0.3) is 0 Å². The number of aryl methyl sites for hydroxylation is 2. The third-order valence-corrected chi connectivity index (χ3v) is 3.89. The van der Waals surface area contributed by atoms with E-state index in [1.165, 1.54) is 16.7 Å². The Hall–Kier alpha value is -1.35. The van der Waals surface area contributed by atoms with Crippen molar-refractivity contribution < 1.29 is 9.90 Å². The van der Waals surface area contributed by atoms with Gasteiger partial charge in [-0.25, -0.2) is 0 Å². The van der Waals surface area contributed by atoms with Crippen molar-refractivity contribution in [2.75, 3.05) is 13.1 Å². The summed E-state index contributed by atoms with van der Waals surface area (Å²) in [6, 6.07) is 7.01. The van der Waals surface area contributed by atoms with Crippen LogP contribution in [0.1, 0.15) is 42.0 Å². The van der Waals surface area contributed by atoms with Crippen LogP contribution in [-0.4, -0.2) is 29.1 Å². The molecule has 98 valence electrons. The second kappa shape index (κ2) is 5.53. The average Bonchev–Trinajstić information content (AvgIpc) is 2.78. The predicted molar refractivity (Wildman–Crippen MR) is 71.7 cm³/mol. The van der Waals surface area contributed by atoms with E-state index in [1.807, 2.05) is 0 Å². The lowest BCUT2D eigenvalue weighted by Crippen LogP contribution is -2.26. The van der Waals surface area contributed by atoms with E-state index in [9.17, 15) is 4.79 Å². The Kier molecular flexibility index (Phi) is 4.02. The topological polar surface area (TPSA) is 40.5 Å². The third-order valence-electron chi connectivity index (χ3n) is 3.89. The molecule has 3 nitrogen and oxygen atoms in total. The Balaban J connectivity index is 2.10. The highest BCUT2D eigenvalue weighted by Crippen LogP contribution is 2.32. The number of rotatable bonds is 4. The molecule has 0 aliphatic carbocycles. The van der Waals surface area contributed by atoms with Gasteiger partial charge in [-0.2, -0.15) is 0 Å². The fourth-order valence-corrected chi connectivity index (χ4v) is 2.68. The first-order valence-electron chi connectivity index (χ1n) is 6.61. The zero-order valence-electron chi connectivity index (χ0n) is 11.1. The highest BCUT2D eigenvalue weighted by Gasteiger charge is 2.26. The van der Waals surface area contributed by atoms with E-state index in [1.54, 1.807) is 0 Å². The maximum absolute atomic E-state index is 10.7. The Bertz CT molecular complexity index is 442. The van der Waals surface area contributed by atoms with E-state index in [0.717, 1.165) is 19.4 Å². The lowest BCUT2D eigenvalue weighted by Gasteiger charge is -2.24. The van der Waals surface area contributed by atoms with Gasteiger partial charge in [0.05, 0.1) is 6.42 Å². The summed E-state index contributed by atoms with van der Waals surface area (Å²) in [5.74, 6) is -0.708. The van der Waals surface area contributed by atoms with Crippen LogP contribution in [0.2, 0.25) is 0 Å². The summed E-state index contributed by atoms with van der Waals surface area (Å²) in [6.07, 6.45) is 2.54. The number of aliphatic carboxylic acids is 1. The molecule has 1 N–H and O–H groups in total. The van der Waals surface area contributed by atoms with Crippen LogP contribution >= 0.6 is 0 Å². The zero-order valence-corrected chi connectivity index (χ0v) is 11.1. The van der Waals surface area contributed by atoms with Gasteiger partial charge in [0.2, 0.25) is 0 Å².